The molecule has 0 aliphatic carbocycles. The summed E-state index contributed by atoms with van der Waals surface area (Å²) in [5.41, 5.74) is -0.385. The molecule has 1 rings (SSSR count). The van der Waals surface area contributed by atoms with E-state index in [1.165, 1.54) is 0 Å². The Morgan fingerprint density at radius 2 is 1.53 bits per heavy atom. The maximum absolute atomic E-state index is 5.72. The van der Waals surface area contributed by atoms with E-state index in [0.717, 1.165) is 0 Å². The molecule has 0 saturated carbocycles. The lowest BCUT2D eigenvalue weighted by Gasteiger charge is -2.27. The van der Waals surface area contributed by atoms with Gasteiger partial charge in [0.15, 0.2) is 5.82 Å². The van der Waals surface area contributed by atoms with Gasteiger partial charge in [0.05, 0.1) is 5.54 Å². The standard InChI is InChI=1S/C9H14Cl2N4/c1-5(2)15-9(3,4)6-12-7(10)14-8(11)13-6/h5,15H,1-4H3. The summed E-state index contributed by atoms with van der Waals surface area (Å²) in [5, 5.41) is 3.55. The van der Waals surface area contributed by atoms with Crippen molar-refractivity contribution in [3.05, 3.63) is 16.4 Å². The number of hydrogen-bond donors (Lipinski definition) is 1. The zero-order valence-corrected chi connectivity index (χ0v) is 10.7. The van der Waals surface area contributed by atoms with Crippen LogP contribution in [0, 0.1) is 0 Å². The predicted molar refractivity (Wildman–Crippen MR) is 61.1 cm³/mol. The molecule has 1 aromatic heterocycles. The van der Waals surface area contributed by atoms with E-state index in [0.29, 0.717) is 11.9 Å². The molecule has 4 nitrogen and oxygen atoms in total. The van der Waals surface area contributed by atoms with E-state index in [4.69, 9.17) is 23.2 Å². The zero-order chi connectivity index (χ0) is 11.6. The highest BCUT2D eigenvalue weighted by molar-refractivity contribution is 6.31. The Bertz CT molecular complexity index is 332. The van der Waals surface area contributed by atoms with Crippen molar-refractivity contribution >= 4 is 23.2 Å². The molecule has 1 N–H and O–H groups in total. The predicted octanol–water partition coefficient (Wildman–Crippen LogP) is 2.41. The molecule has 0 aliphatic heterocycles. The summed E-state index contributed by atoms with van der Waals surface area (Å²) in [6.45, 7) is 8.03. The van der Waals surface area contributed by atoms with Crippen molar-refractivity contribution in [2.24, 2.45) is 0 Å². The van der Waals surface area contributed by atoms with Crippen LogP contribution >= 0.6 is 23.2 Å². The van der Waals surface area contributed by atoms with Gasteiger partial charge in [-0.05, 0) is 50.9 Å². The zero-order valence-electron chi connectivity index (χ0n) is 9.17. The summed E-state index contributed by atoms with van der Waals surface area (Å²) in [6.07, 6.45) is 0. The van der Waals surface area contributed by atoms with Gasteiger partial charge in [-0.25, -0.2) is 9.97 Å². The van der Waals surface area contributed by atoms with E-state index < -0.39 is 0 Å². The van der Waals surface area contributed by atoms with Crippen molar-refractivity contribution in [3.8, 4) is 0 Å². The van der Waals surface area contributed by atoms with Gasteiger partial charge in [-0.3, -0.25) is 0 Å². The second-order valence-corrected chi connectivity index (χ2v) is 4.80. The molecule has 0 atom stereocenters. The van der Waals surface area contributed by atoms with Crippen LogP contribution in [0.25, 0.3) is 0 Å². The third-order valence-corrected chi connectivity index (χ3v) is 2.13. The second kappa shape index (κ2) is 4.60. The third-order valence-electron chi connectivity index (χ3n) is 1.79. The molecule has 0 aromatic carbocycles. The van der Waals surface area contributed by atoms with Crippen LogP contribution in [0.2, 0.25) is 10.6 Å². The minimum atomic E-state index is -0.385. The van der Waals surface area contributed by atoms with Gasteiger partial charge in [-0.2, -0.15) is 4.98 Å². The number of hydrogen-bond acceptors (Lipinski definition) is 4. The van der Waals surface area contributed by atoms with E-state index in [1.807, 2.05) is 27.7 Å². The van der Waals surface area contributed by atoms with Gasteiger partial charge in [-0.15, -0.1) is 0 Å². The van der Waals surface area contributed by atoms with Crippen molar-refractivity contribution in [2.45, 2.75) is 39.3 Å². The number of rotatable bonds is 3. The molecule has 0 spiro atoms. The maximum Gasteiger partial charge on any atom is 0.226 e. The first-order valence-corrected chi connectivity index (χ1v) is 5.42. The molecular weight excluding hydrogens is 235 g/mol. The molecule has 1 heterocycles. The summed E-state index contributed by atoms with van der Waals surface area (Å²) in [7, 11) is 0. The molecule has 0 amide bonds. The smallest absolute Gasteiger partial charge is 0.226 e. The topological polar surface area (TPSA) is 50.7 Å². The van der Waals surface area contributed by atoms with E-state index in [1.54, 1.807) is 0 Å². The van der Waals surface area contributed by atoms with Gasteiger partial charge in [0.1, 0.15) is 0 Å². The first-order valence-electron chi connectivity index (χ1n) is 4.66. The van der Waals surface area contributed by atoms with Gasteiger partial charge in [0, 0.05) is 6.04 Å². The number of halogens is 2. The van der Waals surface area contributed by atoms with Crippen LogP contribution in [0.15, 0.2) is 0 Å². The Labute approximate surface area is 99.4 Å². The van der Waals surface area contributed by atoms with E-state index in [9.17, 15) is 0 Å². The largest absolute Gasteiger partial charge is 0.303 e. The highest BCUT2D eigenvalue weighted by Gasteiger charge is 2.25. The Balaban J connectivity index is 3.03. The summed E-state index contributed by atoms with van der Waals surface area (Å²) < 4.78 is 0. The number of aromatic nitrogens is 3. The van der Waals surface area contributed by atoms with Crippen molar-refractivity contribution in [1.82, 2.24) is 20.3 Å². The van der Waals surface area contributed by atoms with Crippen molar-refractivity contribution in [3.63, 3.8) is 0 Å². The van der Waals surface area contributed by atoms with Crippen LogP contribution in [0.4, 0.5) is 0 Å². The Kier molecular flexibility index (Phi) is 3.87. The normalized spacial score (nSPS) is 12.2. The lowest BCUT2D eigenvalue weighted by atomic mass is 10.0. The average Bonchev–Trinajstić information content (AvgIpc) is 1.99. The second-order valence-electron chi connectivity index (χ2n) is 4.12. The summed E-state index contributed by atoms with van der Waals surface area (Å²) in [5.74, 6) is 0.543. The van der Waals surface area contributed by atoms with Gasteiger partial charge in [-0.1, -0.05) is 0 Å². The van der Waals surface area contributed by atoms with E-state index in [2.05, 4.69) is 20.3 Å². The monoisotopic (exact) mass is 248 g/mol. The molecule has 0 aliphatic rings. The summed E-state index contributed by atoms with van der Waals surface area (Å²) >= 11 is 11.4. The average molecular weight is 249 g/mol. The van der Waals surface area contributed by atoms with Crippen LogP contribution in [0.5, 0.6) is 0 Å². The van der Waals surface area contributed by atoms with Crippen LogP contribution in [0.1, 0.15) is 33.5 Å². The van der Waals surface area contributed by atoms with Crippen LogP contribution in [-0.4, -0.2) is 21.0 Å². The minimum Gasteiger partial charge on any atom is -0.303 e. The van der Waals surface area contributed by atoms with Crippen LogP contribution < -0.4 is 5.32 Å². The fourth-order valence-corrected chi connectivity index (χ4v) is 1.76. The van der Waals surface area contributed by atoms with Crippen molar-refractivity contribution < 1.29 is 0 Å². The highest BCUT2D eigenvalue weighted by Crippen LogP contribution is 2.19. The molecular formula is C9H14Cl2N4. The molecule has 1 aromatic rings. The Morgan fingerprint density at radius 1 is 1.07 bits per heavy atom. The SMILES string of the molecule is CC(C)NC(C)(C)c1nc(Cl)nc(Cl)n1. The molecule has 0 saturated heterocycles. The highest BCUT2D eigenvalue weighted by atomic mass is 35.5. The van der Waals surface area contributed by atoms with E-state index in [-0.39, 0.29) is 16.1 Å². The fraction of sp³-hybridized carbons (Fsp3) is 0.667. The van der Waals surface area contributed by atoms with E-state index >= 15 is 0 Å². The minimum absolute atomic E-state index is 0.114. The first kappa shape index (κ1) is 12.6. The number of nitrogens with one attached hydrogen (secondary N) is 1. The fourth-order valence-electron chi connectivity index (χ4n) is 1.39. The molecule has 0 fully saturated rings. The van der Waals surface area contributed by atoms with Crippen LogP contribution in [-0.2, 0) is 5.54 Å². The van der Waals surface area contributed by atoms with Crippen molar-refractivity contribution in [2.75, 3.05) is 0 Å². The molecule has 0 unspecified atom stereocenters. The molecule has 15 heavy (non-hydrogen) atoms. The third kappa shape index (κ3) is 3.55. The van der Waals surface area contributed by atoms with Crippen molar-refractivity contribution in [1.29, 1.82) is 0 Å². The van der Waals surface area contributed by atoms with Gasteiger partial charge >= 0.3 is 0 Å². The molecule has 84 valence electrons. The first-order chi connectivity index (χ1) is 6.81. The quantitative estimate of drug-likeness (QED) is 0.893. The maximum atomic E-state index is 5.72. The van der Waals surface area contributed by atoms with Gasteiger partial charge in [0.25, 0.3) is 0 Å². The lowest BCUT2D eigenvalue weighted by Crippen LogP contribution is -2.42. The Morgan fingerprint density at radius 3 is 1.93 bits per heavy atom. The van der Waals surface area contributed by atoms with Gasteiger partial charge < -0.3 is 5.32 Å². The summed E-state index contributed by atoms with van der Waals surface area (Å²) in [6, 6.07) is 0.314. The Hall–Kier alpha value is -0.450. The molecule has 0 bridgehead atoms. The molecule has 0 radical (unpaired) electrons. The lowest BCUT2D eigenvalue weighted by molar-refractivity contribution is 0.345. The summed E-state index contributed by atoms with van der Waals surface area (Å²) in [4.78, 5) is 11.8. The molecule has 6 heteroatoms. The van der Waals surface area contributed by atoms with Crippen LogP contribution in [0.3, 0.4) is 0 Å². The number of nitrogens with zero attached hydrogens (tertiary/aromatic N) is 3. The van der Waals surface area contributed by atoms with Gasteiger partial charge in [0.2, 0.25) is 10.6 Å².